The van der Waals surface area contributed by atoms with E-state index in [9.17, 15) is 14.7 Å². The molecule has 1 saturated heterocycles. The maximum Gasteiger partial charge on any atom is 1.00 e. The van der Waals surface area contributed by atoms with Crippen LogP contribution in [0, 0.1) is 23.7 Å². The molecular formula is C16H30NNaO4+2. The molecule has 1 rings (SSSR count). The summed E-state index contributed by atoms with van der Waals surface area (Å²) in [4.78, 5) is 22.2. The molecule has 5 nitrogen and oxygen atoms in total. The van der Waals surface area contributed by atoms with Crippen molar-refractivity contribution in [2.45, 2.75) is 39.5 Å². The van der Waals surface area contributed by atoms with Crippen LogP contribution in [-0.4, -0.2) is 53.8 Å². The van der Waals surface area contributed by atoms with Crippen molar-refractivity contribution in [3.05, 3.63) is 0 Å². The second-order valence-electron chi connectivity index (χ2n) is 7.32. The Hall–Kier alpha value is -0.100. The Morgan fingerprint density at radius 2 is 1.68 bits per heavy atom. The third-order valence-electron chi connectivity index (χ3n) is 4.94. The number of aliphatic carboxylic acids is 2. The Kier molecular flexibility index (Phi) is 9.22. The largest absolute Gasteiger partial charge is 1.00 e. The van der Waals surface area contributed by atoms with Gasteiger partial charge in [-0.2, -0.15) is 0 Å². The van der Waals surface area contributed by atoms with Gasteiger partial charge in [-0.1, -0.05) is 13.8 Å². The van der Waals surface area contributed by atoms with Crippen molar-refractivity contribution in [1.29, 1.82) is 0 Å². The number of nitrogens with zero attached hydrogens (tertiary/aromatic N) is 1. The van der Waals surface area contributed by atoms with E-state index in [0.717, 1.165) is 30.4 Å². The standard InChI is InChI=1S/C16H29NO4.Na/c1-5-12-9-17(3,4)10-14(12)7-6-13(16(20)21)8-11(2)15(18)19;/h11-14H,5-10H2,1-4H3,(H-,18,19,20,21);/q;+1/p+1. The summed E-state index contributed by atoms with van der Waals surface area (Å²) < 4.78 is 1.01. The van der Waals surface area contributed by atoms with Gasteiger partial charge in [-0.3, -0.25) is 9.59 Å². The topological polar surface area (TPSA) is 74.6 Å². The van der Waals surface area contributed by atoms with E-state index in [4.69, 9.17) is 5.11 Å². The van der Waals surface area contributed by atoms with Crippen LogP contribution in [0.25, 0.3) is 0 Å². The number of carbonyl (C=O) groups is 2. The SMILES string of the molecule is CCC1C[N+](C)(C)CC1CCC(CC(C)C(=O)O)C(=O)O.[Na+]. The van der Waals surface area contributed by atoms with E-state index in [2.05, 4.69) is 21.0 Å². The van der Waals surface area contributed by atoms with Crippen LogP contribution in [0.1, 0.15) is 39.5 Å². The number of hydrogen-bond donors (Lipinski definition) is 2. The Labute approximate surface area is 156 Å². The van der Waals surface area contributed by atoms with Gasteiger partial charge in [0.25, 0.3) is 0 Å². The van der Waals surface area contributed by atoms with E-state index >= 15 is 0 Å². The average Bonchev–Trinajstić information content (AvgIpc) is 2.68. The van der Waals surface area contributed by atoms with Crippen molar-refractivity contribution in [3.8, 4) is 0 Å². The summed E-state index contributed by atoms with van der Waals surface area (Å²) in [5.74, 6) is -1.68. The van der Waals surface area contributed by atoms with Gasteiger partial charge >= 0.3 is 41.5 Å². The fourth-order valence-corrected chi connectivity index (χ4v) is 3.72. The quantitative estimate of drug-likeness (QED) is 0.458. The van der Waals surface area contributed by atoms with Crippen molar-refractivity contribution in [2.75, 3.05) is 27.2 Å². The summed E-state index contributed by atoms with van der Waals surface area (Å²) in [6.45, 7) is 6.04. The number of carboxylic acids is 2. The normalized spacial score (nSPS) is 26.0. The minimum atomic E-state index is -0.911. The number of likely N-dealkylation sites (tertiary alicyclic amines) is 1. The van der Waals surface area contributed by atoms with Crippen LogP contribution in [0.5, 0.6) is 0 Å². The molecule has 1 fully saturated rings. The minimum Gasteiger partial charge on any atom is -0.481 e. The Bertz CT molecular complexity index is 386. The summed E-state index contributed by atoms with van der Waals surface area (Å²) >= 11 is 0. The molecule has 6 heteroatoms. The van der Waals surface area contributed by atoms with Crippen molar-refractivity contribution < 1.29 is 53.8 Å². The van der Waals surface area contributed by atoms with Crippen LogP contribution in [0.2, 0.25) is 0 Å². The van der Waals surface area contributed by atoms with Crippen LogP contribution < -0.4 is 29.6 Å². The first-order valence-electron chi connectivity index (χ1n) is 7.94. The first-order chi connectivity index (χ1) is 9.66. The van der Waals surface area contributed by atoms with Crippen LogP contribution >= 0.6 is 0 Å². The van der Waals surface area contributed by atoms with Crippen molar-refractivity contribution in [2.24, 2.45) is 23.7 Å². The molecule has 1 aliphatic heterocycles. The first-order valence-corrected chi connectivity index (χ1v) is 7.94. The first kappa shape index (κ1) is 21.9. The molecule has 4 unspecified atom stereocenters. The molecule has 2 N–H and O–H groups in total. The summed E-state index contributed by atoms with van der Waals surface area (Å²) in [5, 5.41) is 18.3. The van der Waals surface area contributed by atoms with E-state index < -0.39 is 23.8 Å². The zero-order valence-corrected chi connectivity index (χ0v) is 16.7. The predicted molar refractivity (Wildman–Crippen MR) is 80.9 cm³/mol. The van der Waals surface area contributed by atoms with E-state index in [-0.39, 0.29) is 36.0 Å². The summed E-state index contributed by atoms with van der Waals surface area (Å²) in [7, 11) is 4.45. The van der Waals surface area contributed by atoms with E-state index in [1.54, 1.807) is 6.92 Å². The summed E-state index contributed by atoms with van der Waals surface area (Å²) in [6.07, 6.45) is 2.85. The fraction of sp³-hybridized carbons (Fsp3) is 0.875. The summed E-state index contributed by atoms with van der Waals surface area (Å²) in [5.41, 5.74) is 0. The number of hydrogen-bond acceptors (Lipinski definition) is 2. The molecule has 122 valence electrons. The number of quaternary nitrogens is 1. The smallest absolute Gasteiger partial charge is 0.481 e. The summed E-state index contributed by atoms with van der Waals surface area (Å²) in [6, 6.07) is 0. The molecule has 0 radical (unpaired) electrons. The van der Waals surface area contributed by atoms with Gasteiger partial charge in [0.2, 0.25) is 0 Å². The molecule has 0 spiro atoms. The third kappa shape index (κ3) is 6.57. The van der Waals surface area contributed by atoms with Crippen molar-refractivity contribution in [1.82, 2.24) is 0 Å². The third-order valence-corrected chi connectivity index (χ3v) is 4.94. The monoisotopic (exact) mass is 323 g/mol. The Morgan fingerprint density at radius 3 is 2.14 bits per heavy atom. The number of carboxylic acid groups (broad SMARTS) is 2. The predicted octanol–water partition coefficient (Wildman–Crippen LogP) is -0.685. The zero-order chi connectivity index (χ0) is 16.2. The molecule has 0 amide bonds. The molecule has 0 aromatic rings. The van der Waals surface area contributed by atoms with Crippen LogP contribution in [0.15, 0.2) is 0 Å². The number of rotatable bonds is 8. The van der Waals surface area contributed by atoms with Crippen LogP contribution in [-0.2, 0) is 9.59 Å². The molecule has 22 heavy (non-hydrogen) atoms. The van der Waals surface area contributed by atoms with Crippen LogP contribution in [0.3, 0.4) is 0 Å². The second kappa shape index (κ2) is 9.26. The Morgan fingerprint density at radius 1 is 1.14 bits per heavy atom. The maximum absolute atomic E-state index is 11.3. The molecule has 0 aromatic carbocycles. The van der Waals surface area contributed by atoms with Crippen molar-refractivity contribution >= 4 is 11.9 Å². The molecule has 0 aliphatic carbocycles. The molecular weight excluding hydrogens is 293 g/mol. The van der Waals surface area contributed by atoms with Gasteiger partial charge in [0.05, 0.1) is 39.0 Å². The van der Waals surface area contributed by atoms with Crippen molar-refractivity contribution in [3.63, 3.8) is 0 Å². The van der Waals surface area contributed by atoms with Gasteiger partial charge in [0.15, 0.2) is 0 Å². The molecule has 0 bridgehead atoms. The van der Waals surface area contributed by atoms with Crippen LogP contribution in [0.4, 0.5) is 0 Å². The molecule has 4 atom stereocenters. The average molecular weight is 323 g/mol. The fourth-order valence-electron chi connectivity index (χ4n) is 3.72. The zero-order valence-electron chi connectivity index (χ0n) is 14.7. The van der Waals surface area contributed by atoms with Gasteiger partial charge < -0.3 is 14.7 Å². The molecule has 1 heterocycles. The van der Waals surface area contributed by atoms with E-state index in [0.29, 0.717) is 18.3 Å². The second-order valence-corrected chi connectivity index (χ2v) is 7.32. The van der Waals surface area contributed by atoms with Gasteiger partial charge in [-0.15, -0.1) is 0 Å². The molecule has 0 aromatic heterocycles. The van der Waals surface area contributed by atoms with Gasteiger partial charge in [0.1, 0.15) is 0 Å². The maximum atomic E-state index is 11.3. The van der Waals surface area contributed by atoms with Gasteiger partial charge in [-0.25, -0.2) is 0 Å². The minimum absolute atomic E-state index is 0. The molecule has 0 saturated carbocycles. The van der Waals surface area contributed by atoms with E-state index in [1.807, 2.05) is 0 Å². The van der Waals surface area contributed by atoms with Gasteiger partial charge in [0, 0.05) is 11.8 Å². The van der Waals surface area contributed by atoms with Gasteiger partial charge in [-0.05, 0) is 25.7 Å². The van der Waals surface area contributed by atoms with E-state index in [1.165, 1.54) is 0 Å². The molecule has 1 aliphatic rings. The Balaban J connectivity index is 0.00000441.